The number of amides is 2. The van der Waals surface area contributed by atoms with Crippen LogP contribution in [0.2, 0.25) is 0 Å². The van der Waals surface area contributed by atoms with Crippen molar-refractivity contribution in [1.82, 2.24) is 10.2 Å². The van der Waals surface area contributed by atoms with E-state index in [1.165, 1.54) is 0 Å². The fourth-order valence-corrected chi connectivity index (χ4v) is 2.89. The second kappa shape index (κ2) is 7.42. The molecule has 2 unspecified atom stereocenters. The molecule has 6 nitrogen and oxygen atoms in total. The molecule has 0 aromatic rings. The van der Waals surface area contributed by atoms with Crippen molar-refractivity contribution in [3.8, 4) is 0 Å². The summed E-state index contributed by atoms with van der Waals surface area (Å²) in [7, 11) is 1.78. The third kappa shape index (κ3) is 3.98. The predicted molar refractivity (Wildman–Crippen MR) is 86.2 cm³/mol. The monoisotopic (exact) mass is 313 g/mol. The Morgan fingerprint density at radius 1 is 1.41 bits per heavy atom. The normalized spacial score (nSPS) is 24.5. The van der Waals surface area contributed by atoms with E-state index < -0.39 is 6.04 Å². The number of carbonyl (C=O) groups is 2. The fourth-order valence-electron chi connectivity index (χ4n) is 2.89. The van der Waals surface area contributed by atoms with Crippen molar-refractivity contribution < 1.29 is 14.3 Å². The summed E-state index contributed by atoms with van der Waals surface area (Å²) in [6.07, 6.45) is 1.02. The maximum atomic E-state index is 12.3. The Hall–Kier alpha value is -1.14. The van der Waals surface area contributed by atoms with Gasteiger partial charge in [0, 0.05) is 25.1 Å². The molecule has 0 aliphatic heterocycles. The summed E-state index contributed by atoms with van der Waals surface area (Å²) >= 11 is 0. The number of nitrogens with one attached hydrogen (secondary N) is 1. The van der Waals surface area contributed by atoms with Gasteiger partial charge in [0.05, 0.1) is 18.7 Å². The van der Waals surface area contributed by atoms with E-state index >= 15 is 0 Å². The van der Waals surface area contributed by atoms with Gasteiger partial charge in [0.2, 0.25) is 11.8 Å². The molecule has 0 aromatic heterocycles. The lowest BCUT2D eigenvalue weighted by molar-refractivity contribution is -0.163. The molecule has 1 fully saturated rings. The van der Waals surface area contributed by atoms with E-state index in [2.05, 4.69) is 19.2 Å². The van der Waals surface area contributed by atoms with Crippen molar-refractivity contribution in [2.45, 2.75) is 59.2 Å². The first-order valence-electron chi connectivity index (χ1n) is 8.03. The summed E-state index contributed by atoms with van der Waals surface area (Å²) in [5.74, 6) is -0.334. The number of rotatable bonds is 7. The van der Waals surface area contributed by atoms with Gasteiger partial charge < -0.3 is 20.7 Å². The van der Waals surface area contributed by atoms with E-state index in [9.17, 15) is 9.59 Å². The smallest absolute Gasteiger partial charge is 0.241 e. The van der Waals surface area contributed by atoms with Gasteiger partial charge in [0.1, 0.15) is 0 Å². The Bertz CT molecular complexity index is 409. The molecule has 1 rings (SSSR count). The van der Waals surface area contributed by atoms with Crippen molar-refractivity contribution >= 4 is 11.8 Å². The van der Waals surface area contributed by atoms with Crippen LogP contribution in [0, 0.1) is 11.3 Å². The first kappa shape index (κ1) is 18.9. The van der Waals surface area contributed by atoms with Gasteiger partial charge in [-0.2, -0.15) is 0 Å². The summed E-state index contributed by atoms with van der Waals surface area (Å²) in [6.45, 7) is 10.6. The van der Waals surface area contributed by atoms with Crippen molar-refractivity contribution in [2.75, 3.05) is 20.2 Å². The quantitative estimate of drug-likeness (QED) is 0.726. The number of nitrogens with zero attached hydrogens (tertiary/aromatic N) is 1. The zero-order valence-electron chi connectivity index (χ0n) is 14.7. The van der Waals surface area contributed by atoms with Gasteiger partial charge in [-0.25, -0.2) is 0 Å². The third-order valence-electron chi connectivity index (χ3n) is 4.79. The molecule has 6 heteroatoms. The lowest BCUT2D eigenvalue weighted by Crippen LogP contribution is -2.63. The Kier molecular flexibility index (Phi) is 6.38. The predicted octanol–water partition coefficient (Wildman–Crippen LogP) is 0.748. The number of hydrogen-bond donors (Lipinski definition) is 2. The molecule has 0 aromatic carbocycles. The van der Waals surface area contributed by atoms with E-state index in [0.717, 1.165) is 6.42 Å². The maximum absolute atomic E-state index is 12.3. The third-order valence-corrected chi connectivity index (χ3v) is 4.79. The molecule has 1 saturated carbocycles. The minimum absolute atomic E-state index is 0.0123. The molecule has 0 spiro atoms. The molecular formula is C16H31N3O3. The number of nitrogens with two attached hydrogens (primary N) is 1. The maximum Gasteiger partial charge on any atom is 0.241 e. The first-order valence-corrected chi connectivity index (χ1v) is 8.03. The molecular weight excluding hydrogens is 282 g/mol. The molecule has 2 amide bonds. The van der Waals surface area contributed by atoms with Crippen LogP contribution >= 0.6 is 0 Å². The Morgan fingerprint density at radius 3 is 2.45 bits per heavy atom. The highest BCUT2D eigenvalue weighted by Gasteiger charge is 2.51. The van der Waals surface area contributed by atoms with Crippen molar-refractivity contribution in [1.29, 1.82) is 0 Å². The highest BCUT2D eigenvalue weighted by molar-refractivity contribution is 5.87. The van der Waals surface area contributed by atoms with Gasteiger partial charge >= 0.3 is 0 Å². The van der Waals surface area contributed by atoms with E-state index in [4.69, 9.17) is 10.5 Å². The second-order valence-electron chi connectivity index (χ2n) is 7.01. The average Bonchev–Trinajstić information content (AvgIpc) is 2.46. The van der Waals surface area contributed by atoms with Crippen molar-refractivity contribution in [2.24, 2.45) is 17.1 Å². The summed E-state index contributed by atoms with van der Waals surface area (Å²) in [6, 6.07) is -0.451. The molecule has 1 aliphatic rings. The zero-order valence-corrected chi connectivity index (χ0v) is 14.7. The largest absolute Gasteiger partial charge is 0.378 e. The Labute approximate surface area is 133 Å². The van der Waals surface area contributed by atoms with Gasteiger partial charge in [-0.3, -0.25) is 9.59 Å². The van der Waals surface area contributed by atoms with Crippen LogP contribution in [0.25, 0.3) is 0 Å². The Balaban J connectivity index is 2.48. The molecule has 1 aliphatic carbocycles. The van der Waals surface area contributed by atoms with Crippen LogP contribution in [-0.4, -0.2) is 55.1 Å². The van der Waals surface area contributed by atoms with Crippen LogP contribution in [0.3, 0.4) is 0 Å². The van der Waals surface area contributed by atoms with Crippen LogP contribution < -0.4 is 11.1 Å². The summed E-state index contributed by atoms with van der Waals surface area (Å²) in [5.41, 5.74) is 5.69. The molecule has 0 bridgehead atoms. The van der Waals surface area contributed by atoms with E-state index in [0.29, 0.717) is 6.61 Å². The molecule has 22 heavy (non-hydrogen) atoms. The van der Waals surface area contributed by atoms with Crippen LogP contribution in [0.4, 0.5) is 0 Å². The number of hydrogen-bond acceptors (Lipinski definition) is 4. The molecule has 3 N–H and O–H groups in total. The summed E-state index contributed by atoms with van der Waals surface area (Å²) < 4.78 is 5.68. The summed E-state index contributed by atoms with van der Waals surface area (Å²) in [4.78, 5) is 25.8. The second-order valence-corrected chi connectivity index (χ2v) is 7.01. The highest BCUT2D eigenvalue weighted by atomic mass is 16.5. The van der Waals surface area contributed by atoms with Gasteiger partial charge in [0.15, 0.2) is 0 Å². The Morgan fingerprint density at radius 2 is 2.00 bits per heavy atom. The molecule has 0 heterocycles. The van der Waals surface area contributed by atoms with Gasteiger partial charge in [-0.05, 0) is 19.3 Å². The van der Waals surface area contributed by atoms with Gasteiger partial charge in [0.25, 0.3) is 0 Å². The number of ether oxygens (including phenoxy) is 1. The molecule has 3 atom stereocenters. The number of carbonyl (C=O) groups excluding carboxylic acids is 2. The van der Waals surface area contributed by atoms with E-state index in [-0.39, 0.29) is 41.8 Å². The zero-order chi connectivity index (χ0) is 17.1. The molecule has 128 valence electrons. The van der Waals surface area contributed by atoms with Crippen LogP contribution in [0.15, 0.2) is 0 Å². The van der Waals surface area contributed by atoms with E-state index in [1.807, 2.05) is 20.8 Å². The minimum Gasteiger partial charge on any atom is -0.378 e. The van der Waals surface area contributed by atoms with E-state index in [1.54, 1.807) is 11.9 Å². The minimum atomic E-state index is -0.583. The van der Waals surface area contributed by atoms with Crippen LogP contribution in [0.1, 0.15) is 41.0 Å². The van der Waals surface area contributed by atoms with Crippen molar-refractivity contribution in [3.63, 3.8) is 0 Å². The highest BCUT2D eigenvalue weighted by Crippen LogP contribution is 2.45. The first-order chi connectivity index (χ1) is 10.1. The molecule has 0 saturated heterocycles. The lowest BCUT2D eigenvalue weighted by Gasteiger charge is -2.54. The van der Waals surface area contributed by atoms with Crippen molar-refractivity contribution in [3.05, 3.63) is 0 Å². The standard InChI is InChI=1S/C16H31N3O3/c1-7-22-12-8-11(16(12,4)5)19(6)13(20)9-18-15(21)14(17)10(2)3/h10-12,14H,7-9,17H2,1-6H3,(H,18,21)/t11?,12?,14-/m0/s1. The molecule has 0 radical (unpaired) electrons. The lowest BCUT2D eigenvalue weighted by atomic mass is 9.64. The topological polar surface area (TPSA) is 84.7 Å². The fraction of sp³-hybridized carbons (Fsp3) is 0.875. The SMILES string of the molecule is CCOC1CC(N(C)C(=O)CNC(=O)[C@@H](N)C(C)C)C1(C)C. The average molecular weight is 313 g/mol. The van der Waals surface area contributed by atoms with Gasteiger partial charge in [-0.1, -0.05) is 27.7 Å². The van der Waals surface area contributed by atoms with Gasteiger partial charge in [-0.15, -0.1) is 0 Å². The number of likely N-dealkylation sites (N-methyl/N-ethyl adjacent to an activating group) is 1. The summed E-state index contributed by atoms with van der Waals surface area (Å²) in [5, 5.41) is 2.62. The van der Waals surface area contributed by atoms with Crippen LogP contribution in [-0.2, 0) is 14.3 Å². The van der Waals surface area contributed by atoms with Crippen LogP contribution in [0.5, 0.6) is 0 Å².